The number of nitrogens with one attached hydrogen (secondary N) is 1. The number of hydrogen-bond donors (Lipinski definition) is 1. The second-order valence-corrected chi connectivity index (χ2v) is 10.7. The summed E-state index contributed by atoms with van der Waals surface area (Å²) in [6, 6.07) is 3.73. The molecule has 1 N–H and O–H groups in total. The number of benzene rings is 1. The van der Waals surface area contributed by atoms with E-state index in [1.165, 1.54) is 12.1 Å². The maximum atomic E-state index is 14.3. The fourth-order valence-electron chi connectivity index (χ4n) is 4.35. The minimum atomic E-state index is -4.48. The first-order valence-electron chi connectivity index (χ1n) is 11.2. The summed E-state index contributed by atoms with van der Waals surface area (Å²) in [4.78, 5) is 18.0. The van der Waals surface area contributed by atoms with Gasteiger partial charge in [-0.3, -0.25) is 4.40 Å². The molecule has 0 bridgehead atoms. The second kappa shape index (κ2) is 9.25. The van der Waals surface area contributed by atoms with Crippen molar-refractivity contribution in [2.24, 2.45) is 0 Å². The van der Waals surface area contributed by atoms with E-state index < -0.39 is 27.4 Å². The minimum absolute atomic E-state index is 0.127. The second-order valence-electron chi connectivity index (χ2n) is 8.73. The van der Waals surface area contributed by atoms with Gasteiger partial charge in [-0.1, -0.05) is 0 Å². The molecular formula is C23H21F4N7O2S. The molecule has 0 amide bonds. The number of alkyl halides is 3. The van der Waals surface area contributed by atoms with Crippen LogP contribution in [0.4, 0.5) is 35.0 Å². The summed E-state index contributed by atoms with van der Waals surface area (Å²) in [7, 11) is -3.69. The zero-order valence-electron chi connectivity index (χ0n) is 19.4. The Morgan fingerprint density at radius 1 is 1.03 bits per heavy atom. The van der Waals surface area contributed by atoms with Crippen LogP contribution in [0.1, 0.15) is 30.0 Å². The van der Waals surface area contributed by atoms with Crippen molar-refractivity contribution < 1.29 is 26.0 Å². The van der Waals surface area contributed by atoms with Gasteiger partial charge in [-0.2, -0.15) is 13.2 Å². The van der Waals surface area contributed by atoms with Crippen LogP contribution in [-0.2, 0) is 16.0 Å². The van der Waals surface area contributed by atoms with Crippen molar-refractivity contribution in [1.82, 2.24) is 24.3 Å². The van der Waals surface area contributed by atoms with Crippen molar-refractivity contribution in [3.05, 3.63) is 66.3 Å². The lowest BCUT2D eigenvalue weighted by Gasteiger charge is -2.31. The zero-order chi connectivity index (χ0) is 26.4. The fourth-order valence-corrected chi connectivity index (χ4v) is 5.08. The molecule has 1 fully saturated rings. The fraction of sp³-hybridized carbons (Fsp3) is 0.304. The molecule has 0 unspecified atom stereocenters. The van der Waals surface area contributed by atoms with Crippen molar-refractivity contribution >= 4 is 32.9 Å². The molecule has 1 aromatic carbocycles. The molecular weight excluding hydrogens is 514 g/mol. The van der Waals surface area contributed by atoms with E-state index in [2.05, 4.69) is 25.3 Å². The average molecular weight is 536 g/mol. The lowest BCUT2D eigenvalue weighted by molar-refractivity contribution is -0.138. The number of imidazole rings is 1. The van der Waals surface area contributed by atoms with Gasteiger partial charge in [-0.15, -0.1) is 0 Å². The number of sulfone groups is 1. The smallest absolute Gasteiger partial charge is 0.341 e. The summed E-state index contributed by atoms with van der Waals surface area (Å²) in [6.07, 6.45) is 4.54. The summed E-state index contributed by atoms with van der Waals surface area (Å²) < 4.78 is 77.8. The van der Waals surface area contributed by atoms with E-state index in [9.17, 15) is 26.0 Å². The largest absolute Gasteiger partial charge is 0.419 e. The lowest BCUT2D eigenvalue weighted by Crippen LogP contribution is -2.34. The molecule has 1 aliphatic heterocycles. The van der Waals surface area contributed by atoms with E-state index in [1.54, 1.807) is 18.6 Å². The Morgan fingerprint density at radius 2 is 1.73 bits per heavy atom. The molecule has 37 heavy (non-hydrogen) atoms. The van der Waals surface area contributed by atoms with Crippen LogP contribution in [0, 0.1) is 5.82 Å². The number of piperidine rings is 1. The highest BCUT2D eigenvalue weighted by atomic mass is 32.2. The van der Waals surface area contributed by atoms with Gasteiger partial charge in [0.1, 0.15) is 10.7 Å². The Morgan fingerprint density at radius 3 is 2.35 bits per heavy atom. The third-order valence-corrected chi connectivity index (χ3v) is 7.34. The number of anilines is 3. The minimum Gasteiger partial charge on any atom is -0.341 e. The molecule has 0 atom stereocenters. The lowest BCUT2D eigenvalue weighted by atomic mass is 9.94. The van der Waals surface area contributed by atoms with Crippen molar-refractivity contribution in [3.8, 4) is 0 Å². The van der Waals surface area contributed by atoms with Gasteiger partial charge in [0.05, 0.1) is 5.56 Å². The van der Waals surface area contributed by atoms with Gasteiger partial charge in [0.25, 0.3) is 0 Å². The number of aromatic nitrogens is 5. The first-order chi connectivity index (χ1) is 17.5. The predicted molar refractivity (Wildman–Crippen MR) is 127 cm³/mol. The molecule has 0 saturated carbocycles. The van der Waals surface area contributed by atoms with Crippen LogP contribution in [-0.4, -0.2) is 52.1 Å². The predicted octanol–water partition coefficient (Wildman–Crippen LogP) is 4.21. The molecule has 4 heterocycles. The summed E-state index contributed by atoms with van der Waals surface area (Å²) >= 11 is 0. The maximum absolute atomic E-state index is 14.3. The topological polar surface area (TPSA) is 105 Å². The van der Waals surface area contributed by atoms with Gasteiger partial charge < -0.3 is 10.2 Å². The van der Waals surface area contributed by atoms with Crippen molar-refractivity contribution in [3.63, 3.8) is 0 Å². The third-order valence-electron chi connectivity index (χ3n) is 6.21. The van der Waals surface area contributed by atoms with E-state index in [1.807, 2.05) is 9.30 Å². The SMILES string of the molecule is CS(=O)(=O)c1ccc(Nc2nccn3c(C4CCN(c5ncc(C(F)(F)F)cn5)CC4)cnc23)cc1F. The van der Waals surface area contributed by atoms with Crippen LogP contribution in [0.5, 0.6) is 0 Å². The quantitative estimate of drug-likeness (QED) is 0.379. The molecule has 4 aromatic rings. The Hall–Kier alpha value is -3.81. The Kier molecular flexibility index (Phi) is 6.22. The van der Waals surface area contributed by atoms with Gasteiger partial charge in [0, 0.05) is 67.6 Å². The molecule has 14 heteroatoms. The van der Waals surface area contributed by atoms with Gasteiger partial charge in [0.15, 0.2) is 21.3 Å². The van der Waals surface area contributed by atoms with E-state index in [-0.39, 0.29) is 16.8 Å². The standard InChI is InChI=1S/C23H21F4N7O2S/c1-37(35,36)19-3-2-16(10-17(19)24)32-20-21-29-13-18(34(21)9-6-28-20)14-4-7-33(8-5-14)22-30-11-15(12-31-22)23(25,26)27/h2-3,6,9-14H,4-5,7-8H2,1H3,(H,28,32). The maximum Gasteiger partial charge on any atom is 0.419 e. The van der Waals surface area contributed by atoms with Gasteiger partial charge in [-0.05, 0) is 31.0 Å². The van der Waals surface area contributed by atoms with Crippen LogP contribution in [0.15, 0.2) is 54.1 Å². The van der Waals surface area contributed by atoms with Gasteiger partial charge >= 0.3 is 6.18 Å². The van der Waals surface area contributed by atoms with Gasteiger partial charge in [0.2, 0.25) is 5.95 Å². The zero-order valence-corrected chi connectivity index (χ0v) is 20.3. The molecule has 3 aromatic heterocycles. The number of rotatable bonds is 5. The van der Waals surface area contributed by atoms with Crippen LogP contribution in [0.2, 0.25) is 0 Å². The molecule has 1 aliphatic rings. The average Bonchev–Trinajstić information content (AvgIpc) is 3.28. The van der Waals surface area contributed by atoms with Crippen LogP contribution >= 0.6 is 0 Å². The first-order valence-corrected chi connectivity index (χ1v) is 13.1. The highest BCUT2D eigenvalue weighted by molar-refractivity contribution is 7.90. The van der Waals surface area contributed by atoms with E-state index in [4.69, 9.17) is 0 Å². The van der Waals surface area contributed by atoms with E-state index in [0.29, 0.717) is 43.1 Å². The monoisotopic (exact) mass is 535 g/mol. The highest BCUT2D eigenvalue weighted by Crippen LogP contribution is 2.32. The number of hydrogen-bond acceptors (Lipinski definition) is 8. The van der Waals surface area contributed by atoms with E-state index in [0.717, 1.165) is 30.4 Å². The van der Waals surface area contributed by atoms with E-state index >= 15 is 0 Å². The van der Waals surface area contributed by atoms with Crippen molar-refractivity contribution in [2.75, 3.05) is 29.6 Å². The molecule has 0 aliphatic carbocycles. The first kappa shape index (κ1) is 24.9. The molecule has 194 valence electrons. The molecule has 5 rings (SSSR count). The third kappa shape index (κ3) is 5.05. The highest BCUT2D eigenvalue weighted by Gasteiger charge is 2.32. The Labute approximate surface area is 209 Å². The number of nitrogens with zero attached hydrogens (tertiary/aromatic N) is 6. The summed E-state index contributed by atoms with van der Waals surface area (Å²) in [5, 5.41) is 2.99. The summed E-state index contributed by atoms with van der Waals surface area (Å²) in [5.41, 5.74) is 0.884. The number of fused-ring (bicyclic) bond motifs is 1. The number of halogens is 4. The van der Waals surface area contributed by atoms with Crippen molar-refractivity contribution in [1.29, 1.82) is 0 Å². The van der Waals surface area contributed by atoms with Crippen LogP contribution in [0.3, 0.4) is 0 Å². The molecule has 0 radical (unpaired) electrons. The van der Waals surface area contributed by atoms with Crippen molar-refractivity contribution in [2.45, 2.75) is 29.8 Å². The Balaban J connectivity index is 1.31. The van der Waals surface area contributed by atoms with Crippen LogP contribution < -0.4 is 10.2 Å². The molecule has 0 spiro atoms. The van der Waals surface area contributed by atoms with Gasteiger partial charge in [-0.25, -0.2) is 32.7 Å². The molecule has 1 saturated heterocycles. The summed E-state index contributed by atoms with van der Waals surface area (Å²) in [5.74, 6) is -0.111. The normalized spacial score (nSPS) is 15.3. The Bertz CT molecular complexity index is 1550. The molecule has 9 nitrogen and oxygen atoms in total. The summed E-state index contributed by atoms with van der Waals surface area (Å²) in [6.45, 7) is 1.12. The van der Waals surface area contributed by atoms with Crippen LogP contribution in [0.25, 0.3) is 5.65 Å².